The maximum absolute atomic E-state index is 12.7. The minimum absolute atomic E-state index is 0.0403. The first-order valence-electron chi connectivity index (χ1n) is 6.93. The van der Waals surface area contributed by atoms with Crippen LogP contribution in [0.25, 0.3) is 0 Å². The summed E-state index contributed by atoms with van der Waals surface area (Å²) < 4.78 is 12.7. The molecule has 110 valence electrons. The molecule has 1 aromatic carbocycles. The Balaban J connectivity index is 1.64. The predicted molar refractivity (Wildman–Crippen MR) is 79.0 cm³/mol. The van der Waals surface area contributed by atoms with Crippen LogP contribution in [0.2, 0.25) is 0 Å². The largest absolute Gasteiger partial charge is 0.393 e. The van der Waals surface area contributed by atoms with Gasteiger partial charge in [-0.05, 0) is 43.4 Å². The summed E-state index contributed by atoms with van der Waals surface area (Å²) in [5.41, 5.74) is 1.02. The zero-order valence-electron chi connectivity index (χ0n) is 11.3. The molecule has 5 heteroatoms. The van der Waals surface area contributed by atoms with E-state index in [1.54, 1.807) is 12.1 Å². The average Bonchev–Trinajstić information content (AvgIpc) is 2.44. The minimum Gasteiger partial charge on any atom is -0.393 e. The van der Waals surface area contributed by atoms with Gasteiger partial charge in [-0.25, -0.2) is 4.39 Å². The van der Waals surface area contributed by atoms with Crippen molar-refractivity contribution in [2.24, 2.45) is 0 Å². The van der Waals surface area contributed by atoms with Gasteiger partial charge < -0.3 is 10.4 Å². The quantitative estimate of drug-likeness (QED) is 0.878. The summed E-state index contributed by atoms with van der Waals surface area (Å²) in [5, 5.41) is 12.4. The molecule has 0 unspecified atom stereocenters. The summed E-state index contributed by atoms with van der Waals surface area (Å²) in [7, 11) is 0. The lowest BCUT2D eigenvalue weighted by Crippen LogP contribution is -2.39. The zero-order valence-corrected chi connectivity index (χ0v) is 12.2. The third kappa shape index (κ3) is 5.13. The van der Waals surface area contributed by atoms with Gasteiger partial charge >= 0.3 is 0 Å². The number of rotatable bonds is 5. The van der Waals surface area contributed by atoms with E-state index in [9.17, 15) is 14.3 Å². The first kappa shape index (κ1) is 15.3. The van der Waals surface area contributed by atoms with Crippen LogP contribution < -0.4 is 5.32 Å². The summed E-state index contributed by atoms with van der Waals surface area (Å²) in [6.07, 6.45) is 3.06. The van der Waals surface area contributed by atoms with E-state index in [1.165, 1.54) is 23.9 Å². The van der Waals surface area contributed by atoms with E-state index >= 15 is 0 Å². The van der Waals surface area contributed by atoms with E-state index in [2.05, 4.69) is 5.32 Å². The van der Waals surface area contributed by atoms with E-state index in [0.29, 0.717) is 11.5 Å². The number of benzene rings is 1. The SMILES string of the molecule is O=C(CSCc1ccc(F)cc1)NC1CCC(O)CC1. The van der Waals surface area contributed by atoms with E-state index in [4.69, 9.17) is 0 Å². The highest BCUT2D eigenvalue weighted by Gasteiger charge is 2.20. The second kappa shape index (κ2) is 7.64. The molecule has 0 aliphatic heterocycles. The van der Waals surface area contributed by atoms with Crippen LogP contribution in [0.4, 0.5) is 4.39 Å². The van der Waals surface area contributed by atoms with Crippen molar-refractivity contribution in [2.75, 3.05) is 5.75 Å². The molecule has 0 radical (unpaired) electrons. The van der Waals surface area contributed by atoms with Gasteiger partial charge in [-0.1, -0.05) is 12.1 Å². The van der Waals surface area contributed by atoms with Crippen LogP contribution in [-0.4, -0.2) is 28.9 Å². The maximum Gasteiger partial charge on any atom is 0.230 e. The molecule has 20 heavy (non-hydrogen) atoms. The molecule has 0 heterocycles. The van der Waals surface area contributed by atoms with Gasteiger partial charge in [0.1, 0.15) is 5.82 Å². The first-order valence-corrected chi connectivity index (χ1v) is 8.08. The second-order valence-corrected chi connectivity index (χ2v) is 6.18. The minimum atomic E-state index is -0.240. The molecule has 1 aliphatic carbocycles. The fraction of sp³-hybridized carbons (Fsp3) is 0.533. The number of carbonyl (C=O) groups excluding carboxylic acids is 1. The van der Waals surface area contributed by atoms with Gasteiger partial charge in [-0.15, -0.1) is 11.8 Å². The smallest absolute Gasteiger partial charge is 0.230 e. The first-order chi connectivity index (χ1) is 9.63. The highest BCUT2D eigenvalue weighted by molar-refractivity contribution is 7.99. The Morgan fingerprint density at radius 1 is 1.25 bits per heavy atom. The molecule has 0 aromatic heterocycles. The van der Waals surface area contributed by atoms with Crippen molar-refractivity contribution in [1.29, 1.82) is 0 Å². The van der Waals surface area contributed by atoms with Crippen LogP contribution in [-0.2, 0) is 10.5 Å². The van der Waals surface area contributed by atoms with Crippen molar-refractivity contribution < 1.29 is 14.3 Å². The van der Waals surface area contributed by atoms with Crippen molar-refractivity contribution >= 4 is 17.7 Å². The third-order valence-electron chi connectivity index (χ3n) is 3.48. The molecule has 1 fully saturated rings. The number of aliphatic hydroxyl groups is 1. The molecule has 1 saturated carbocycles. The number of aliphatic hydroxyl groups excluding tert-OH is 1. The van der Waals surface area contributed by atoms with Gasteiger partial charge in [0.2, 0.25) is 5.91 Å². The highest BCUT2D eigenvalue weighted by Crippen LogP contribution is 2.18. The van der Waals surface area contributed by atoms with E-state index < -0.39 is 0 Å². The van der Waals surface area contributed by atoms with Crippen LogP contribution in [0, 0.1) is 5.82 Å². The fourth-order valence-corrected chi connectivity index (χ4v) is 3.13. The summed E-state index contributed by atoms with van der Waals surface area (Å²) in [6, 6.07) is 6.55. The second-order valence-electron chi connectivity index (χ2n) is 5.19. The summed E-state index contributed by atoms with van der Waals surface area (Å²) >= 11 is 1.53. The third-order valence-corrected chi connectivity index (χ3v) is 4.48. The number of halogens is 1. The van der Waals surface area contributed by atoms with Gasteiger partial charge in [0.05, 0.1) is 11.9 Å². The van der Waals surface area contributed by atoms with Crippen LogP contribution in [0.5, 0.6) is 0 Å². The van der Waals surface area contributed by atoms with E-state index in [0.717, 1.165) is 31.2 Å². The van der Waals surface area contributed by atoms with Gasteiger partial charge in [0.25, 0.3) is 0 Å². The Bertz CT molecular complexity index is 430. The van der Waals surface area contributed by atoms with Crippen molar-refractivity contribution in [3.8, 4) is 0 Å². The molecule has 0 bridgehead atoms. The normalized spacial score (nSPS) is 22.5. The predicted octanol–water partition coefficient (Wildman–Crippen LogP) is 2.48. The Morgan fingerprint density at radius 3 is 2.55 bits per heavy atom. The monoisotopic (exact) mass is 297 g/mol. The lowest BCUT2D eigenvalue weighted by atomic mass is 9.93. The fourth-order valence-electron chi connectivity index (χ4n) is 2.33. The van der Waals surface area contributed by atoms with Crippen molar-refractivity contribution in [2.45, 2.75) is 43.6 Å². The Kier molecular flexibility index (Phi) is 5.86. The topological polar surface area (TPSA) is 49.3 Å². The molecule has 0 atom stereocenters. The summed E-state index contributed by atoms with van der Waals surface area (Å²) in [6.45, 7) is 0. The molecular weight excluding hydrogens is 277 g/mol. The maximum atomic E-state index is 12.7. The Labute approximate surface area is 123 Å². The number of hydrogen-bond acceptors (Lipinski definition) is 3. The van der Waals surface area contributed by atoms with E-state index in [-0.39, 0.29) is 23.9 Å². The summed E-state index contributed by atoms with van der Waals surface area (Å²) in [5.74, 6) is 0.919. The molecular formula is C15H20FNO2S. The van der Waals surface area contributed by atoms with Gasteiger partial charge in [-0.3, -0.25) is 4.79 Å². The zero-order chi connectivity index (χ0) is 14.4. The molecule has 1 aromatic rings. The van der Waals surface area contributed by atoms with Gasteiger partial charge in [0, 0.05) is 11.8 Å². The molecule has 2 rings (SSSR count). The van der Waals surface area contributed by atoms with Crippen molar-refractivity contribution in [1.82, 2.24) is 5.32 Å². The Hall–Kier alpha value is -1.07. The molecule has 0 saturated heterocycles. The van der Waals surface area contributed by atoms with E-state index in [1.807, 2.05) is 0 Å². The number of nitrogens with one attached hydrogen (secondary N) is 1. The standard InChI is InChI=1S/C15H20FNO2S/c16-12-3-1-11(2-4-12)9-20-10-15(19)17-13-5-7-14(18)8-6-13/h1-4,13-14,18H,5-10H2,(H,17,19). The van der Waals surface area contributed by atoms with Gasteiger partial charge in [-0.2, -0.15) is 0 Å². The average molecular weight is 297 g/mol. The molecule has 1 amide bonds. The lowest BCUT2D eigenvalue weighted by Gasteiger charge is -2.26. The summed E-state index contributed by atoms with van der Waals surface area (Å²) in [4.78, 5) is 11.8. The molecule has 3 nitrogen and oxygen atoms in total. The molecule has 1 aliphatic rings. The van der Waals surface area contributed by atoms with Crippen LogP contribution in [0.3, 0.4) is 0 Å². The van der Waals surface area contributed by atoms with Gasteiger partial charge in [0.15, 0.2) is 0 Å². The lowest BCUT2D eigenvalue weighted by molar-refractivity contribution is -0.119. The Morgan fingerprint density at radius 2 is 1.90 bits per heavy atom. The molecule has 2 N–H and O–H groups in total. The highest BCUT2D eigenvalue weighted by atomic mass is 32.2. The van der Waals surface area contributed by atoms with Crippen LogP contribution in [0.15, 0.2) is 24.3 Å². The van der Waals surface area contributed by atoms with Crippen molar-refractivity contribution in [3.05, 3.63) is 35.6 Å². The number of amides is 1. The van der Waals surface area contributed by atoms with Crippen LogP contribution >= 0.6 is 11.8 Å². The van der Waals surface area contributed by atoms with Crippen LogP contribution in [0.1, 0.15) is 31.2 Å². The molecule has 0 spiro atoms. The van der Waals surface area contributed by atoms with Crippen molar-refractivity contribution in [3.63, 3.8) is 0 Å². The number of thioether (sulfide) groups is 1. The number of hydrogen-bond donors (Lipinski definition) is 2. The number of carbonyl (C=O) groups is 1.